The van der Waals surface area contributed by atoms with Crippen molar-refractivity contribution >= 4 is 21.8 Å². The largest absolute Gasteiger partial charge is 0.457 e. The van der Waals surface area contributed by atoms with Crippen LogP contribution in [0.3, 0.4) is 0 Å². The molecular formula is C59H37N3O. The zero-order valence-corrected chi connectivity index (χ0v) is 34.1. The van der Waals surface area contributed by atoms with Gasteiger partial charge >= 0.3 is 0 Å². The molecule has 2 aliphatic rings. The molecule has 4 nitrogen and oxygen atoms in total. The molecule has 0 unspecified atom stereocenters. The average molecular weight is 804 g/mol. The molecule has 0 amide bonds. The van der Waals surface area contributed by atoms with Crippen LogP contribution in [0.25, 0.3) is 83.6 Å². The van der Waals surface area contributed by atoms with Crippen LogP contribution in [-0.4, -0.2) is 14.5 Å². The first-order chi connectivity index (χ1) is 31.2. The number of fused-ring (bicyclic) bond motifs is 13. The molecule has 0 fully saturated rings. The predicted molar refractivity (Wildman–Crippen MR) is 255 cm³/mol. The lowest BCUT2D eigenvalue weighted by Crippen LogP contribution is -2.32. The van der Waals surface area contributed by atoms with E-state index in [0.29, 0.717) is 5.95 Å². The minimum Gasteiger partial charge on any atom is -0.457 e. The molecule has 1 aliphatic carbocycles. The summed E-state index contributed by atoms with van der Waals surface area (Å²) in [7, 11) is 0. The summed E-state index contributed by atoms with van der Waals surface area (Å²) in [6.07, 6.45) is 0. The van der Waals surface area contributed by atoms with Gasteiger partial charge in [0, 0.05) is 33.0 Å². The Bertz CT molecular complexity index is 3430. The third-order valence-corrected chi connectivity index (χ3v) is 13.1. The van der Waals surface area contributed by atoms with E-state index in [1.165, 1.54) is 27.6 Å². The van der Waals surface area contributed by atoms with E-state index >= 15 is 0 Å². The van der Waals surface area contributed by atoms with Crippen molar-refractivity contribution in [2.45, 2.75) is 5.41 Å². The predicted octanol–water partition coefficient (Wildman–Crippen LogP) is 14.7. The minimum absolute atomic E-state index is 0.629. The highest BCUT2D eigenvalue weighted by atomic mass is 16.5. The maximum atomic E-state index is 6.97. The lowest BCUT2D eigenvalue weighted by atomic mass is 9.65. The monoisotopic (exact) mass is 803 g/mol. The summed E-state index contributed by atoms with van der Waals surface area (Å²) in [5.74, 6) is 2.35. The van der Waals surface area contributed by atoms with Crippen molar-refractivity contribution < 1.29 is 4.74 Å². The number of hydrogen-bond donors (Lipinski definition) is 0. The molecule has 0 atom stereocenters. The van der Waals surface area contributed by atoms with Crippen LogP contribution < -0.4 is 4.74 Å². The summed E-state index contributed by atoms with van der Waals surface area (Å²) >= 11 is 0. The van der Waals surface area contributed by atoms with Crippen molar-refractivity contribution in [3.8, 4) is 73.3 Å². The van der Waals surface area contributed by atoms with Gasteiger partial charge in [-0.05, 0) is 87.0 Å². The van der Waals surface area contributed by atoms with Crippen molar-refractivity contribution in [1.29, 1.82) is 0 Å². The number of aromatic nitrogens is 3. The molecule has 0 saturated carbocycles. The van der Waals surface area contributed by atoms with Gasteiger partial charge in [-0.15, -0.1) is 0 Å². The summed E-state index contributed by atoms with van der Waals surface area (Å²) in [6.45, 7) is 0. The molecule has 1 spiro atoms. The summed E-state index contributed by atoms with van der Waals surface area (Å²) in [5, 5.41) is 2.32. The van der Waals surface area contributed by atoms with Crippen molar-refractivity contribution in [2.75, 3.05) is 0 Å². The van der Waals surface area contributed by atoms with Gasteiger partial charge in [0.1, 0.15) is 11.5 Å². The van der Waals surface area contributed by atoms with Crippen molar-refractivity contribution in [2.24, 2.45) is 0 Å². The Morgan fingerprint density at radius 2 is 0.873 bits per heavy atom. The molecule has 13 rings (SSSR count). The highest BCUT2D eigenvalue weighted by Gasteiger charge is 2.52. The van der Waals surface area contributed by atoms with Crippen LogP contribution in [0.15, 0.2) is 224 Å². The number of ether oxygens (including phenoxy) is 1. The number of para-hydroxylation sites is 1. The van der Waals surface area contributed by atoms with Crippen LogP contribution in [0.4, 0.5) is 0 Å². The zero-order valence-electron chi connectivity index (χ0n) is 34.1. The second-order valence-corrected chi connectivity index (χ2v) is 16.5. The fourth-order valence-corrected chi connectivity index (χ4v) is 10.4. The molecule has 294 valence electrons. The smallest absolute Gasteiger partial charge is 0.235 e. The standard InChI is InChI=1S/C59H37N3O/c1-5-17-38(18-6-1)42-29-33-54-48(35-42)59(49-36-43(30-34-55(49)63-54)39-19-7-2-8-20-39)46-27-15-13-25-44(46)56-47(59)31-32-53-57(56)45-26-14-16-28-52(45)62(53)58-60-50(40-21-9-3-10-22-40)37-51(61-58)41-23-11-4-12-24-41/h1-37H. The average Bonchev–Trinajstić information content (AvgIpc) is 3.86. The van der Waals surface area contributed by atoms with Gasteiger partial charge in [-0.25, -0.2) is 9.97 Å². The van der Waals surface area contributed by atoms with E-state index in [9.17, 15) is 0 Å². The highest BCUT2D eigenvalue weighted by Crippen LogP contribution is 2.64. The number of hydrogen-bond acceptors (Lipinski definition) is 3. The fraction of sp³-hybridized carbons (Fsp3) is 0.0169. The zero-order chi connectivity index (χ0) is 41.5. The van der Waals surface area contributed by atoms with Crippen LogP contribution in [-0.2, 0) is 5.41 Å². The Labute approximate surface area is 365 Å². The number of rotatable bonds is 5. The highest BCUT2D eigenvalue weighted by molar-refractivity contribution is 6.18. The Hall–Kier alpha value is -8.34. The Balaban J connectivity index is 1.14. The Morgan fingerprint density at radius 3 is 1.46 bits per heavy atom. The van der Waals surface area contributed by atoms with Gasteiger partial charge in [0.15, 0.2) is 0 Å². The molecule has 0 saturated heterocycles. The summed E-state index contributed by atoms with van der Waals surface area (Å²) in [4.78, 5) is 10.7. The van der Waals surface area contributed by atoms with Crippen LogP contribution in [0.5, 0.6) is 11.5 Å². The normalized spacial score (nSPS) is 13.0. The molecule has 9 aromatic carbocycles. The molecule has 0 N–H and O–H groups in total. The summed E-state index contributed by atoms with van der Waals surface area (Å²) in [5.41, 5.74) is 17.0. The molecule has 3 heterocycles. The van der Waals surface area contributed by atoms with E-state index in [1.807, 2.05) is 12.1 Å². The molecule has 4 heteroatoms. The van der Waals surface area contributed by atoms with E-state index < -0.39 is 5.41 Å². The van der Waals surface area contributed by atoms with Gasteiger partial charge in [-0.1, -0.05) is 182 Å². The van der Waals surface area contributed by atoms with E-state index in [0.717, 1.165) is 83.8 Å². The first kappa shape index (κ1) is 35.4. The SMILES string of the molecule is c1ccc(-c2ccc3c(c2)C2(c4cc(-c5ccccc5)ccc4O3)c3ccccc3-c3c2ccc2c3c3ccccc3n2-c2nc(-c3ccccc3)cc(-c3ccccc3)n2)cc1. The van der Waals surface area contributed by atoms with Gasteiger partial charge in [0.2, 0.25) is 5.95 Å². The van der Waals surface area contributed by atoms with Crippen LogP contribution in [0.1, 0.15) is 22.3 Å². The van der Waals surface area contributed by atoms with Gasteiger partial charge in [0.05, 0.1) is 27.8 Å². The minimum atomic E-state index is -0.702. The Morgan fingerprint density at radius 1 is 0.365 bits per heavy atom. The van der Waals surface area contributed by atoms with E-state index in [-0.39, 0.29) is 0 Å². The van der Waals surface area contributed by atoms with Gasteiger partial charge < -0.3 is 4.74 Å². The third kappa shape index (κ3) is 5.28. The van der Waals surface area contributed by atoms with Crippen LogP contribution in [0, 0.1) is 0 Å². The topological polar surface area (TPSA) is 39.9 Å². The first-order valence-corrected chi connectivity index (χ1v) is 21.5. The maximum absolute atomic E-state index is 6.97. The first-order valence-electron chi connectivity index (χ1n) is 21.5. The van der Waals surface area contributed by atoms with Crippen LogP contribution >= 0.6 is 0 Å². The molecule has 2 aromatic heterocycles. The second-order valence-electron chi connectivity index (χ2n) is 16.5. The number of benzene rings is 9. The number of nitrogens with zero attached hydrogens (tertiary/aromatic N) is 3. The van der Waals surface area contributed by atoms with Gasteiger partial charge in [-0.2, -0.15) is 0 Å². The summed E-state index contributed by atoms with van der Waals surface area (Å²) < 4.78 is 9.24. The maximum Gasteiger partial charge on any atom is 0.235 e. The van der Waals surface area contributed by atoms with Crippen molar-refractivity contribution in [3.63, 3.8) is 0 Å². The fourth-order valence-electron chi connectivity index (χ4n) is 10.4. The lowest BCUT2D eigenvalue weighted by molar-refractivity contribution is 0.436. The quantitative estimate of drug-likeness (QED) is 0.174. The molecule has 63 heavy (non-hydrogen) atoms. The molecular weight excluding hydrogens is 767 g/mol. The van der Waals surface area contributed by atoms with E-state index in [1.54, 1.807) is 0 Å². The molecule has 1 aliphatic heterocycles. The van der Waals surface area contributed by atoms with Crippen LogP contribution in [0.2, 0.25) is 0 Å². The second kappa shape index (κ2) is 13.8. The molecule has 0 bridgehead atoms. The van der Waals surface area contributed by atoms with E-state index in [2.05, 4.69) is 217 Å². The van der Waals surface area contributed by atoms with E-state index in [4.69, 9.17) is 14.7 Å². The summed E-state index contributed by atoms with van der Waals surface area (Å²) in [6, 6.07) is 80.1. The molecule has 11 aromatic rings. The lowest BCUT2D eigenvalue weighted by Gasteiger charge is -2.40. The van der Waals surface area contributed by atoms with Gasteiger partial charge in [-0.3, -0.25) is 4.57 Å². The third-order valence-electron chi connectivity index (χ3n) is 13.1. The van der Waals surface area contributed by atoms with Crippen molar-refractivity contribution in [3.05, 3.63) is 247 Å². The van der Waals surface area contributed by atoms with Gasteiger partial charge in [0.25, 0.3) is 0 Å². The van der Waals surface area contributed by atoms with Crippen molar-refractivity contribution in [1.82, 2.24) is 14.5 Å². The Kier molecular flexibility index (Phi) is 7.79. The molecule has 0 radical (unpaired) electrons.